The maximum atomic E-state index is 11.6. The lowest BCUT2D eigenvalue weighted by molar-refractivity contribution is -0.136. The van der Waals surface area contributed by atoms with E-state index < -0.39 is 0 Å². The highest BCUT2D eigenvalue weighted by Crippen LogP contribution is 2.32. The largest absolute Gasteiger partial charge is 0.368 e. The SMILES string of the molecule is CC(=O)N1CC[C@H]1c1cc(NCCn2ccc(C)n2)nc(C)n1. The second kappa shape index (κ2) is 6.36. The van der Waals surface area contributed by atoms with Crippen LogP contribution < -0.4 is 5.32 Å². The summed E-state index contributed by atoms with van der Waals surface area (Å²) in [6, 6.07) is 4.02. The van der Waals surface area contributed by atoms with Gasteiger partial charge in [-0.15, -0.1) is 0 Å². The molecule has 7 nitrogen and oxygen atoms in total. The van der Waals surface area contributed by atoms with Crippen molar-refractivity contribution in [2.24, 2.45) is 0 Å². The van der Waals surface area contributed by atoms with Gasteiger partial charge >= 0.3 is 0 Å². The molecule has 0 unspecified atom stereocenters. The summed E-state index contributed by atoms with van der Waals surface area (Å²) in [5, 5.41) is 7.67. The zero-order valence-electron chi connectivity index (χ0n) is 13.8. The molecule has 1 aliphatic heterocycles. The van der Waals surface area contributed by atoms with Crippen LogP contribution in [0.3, 0.4) is 0 Å². The van der Waals surface area contributed by atoms with E-state index in [1.54, 1.807) is 6.92 Å². The number of likely N-dealkylation sites (tertiary alicyclic amines) is 1. The van der Waals surface area contributed by atoms with Crippen LogP contribution in [0.5, 0.6) is 0 Å². The Balaban J connectivity index is 1.64. The van der Waals surface area contributed by atoms with Crippen LogP contribution in [0.25, 0.3) is 0 Å². The molecule has 7 heteroatoms. The van der Waals surface area contributed by atoms with Crippen LogP contribution in [-0.4, -0.2) is 43.6 Å². The van der Waals surface area contributed by atoms with Crippen LogP contribution >= 0.6 is 0 Å². The Bertz CT molecular complexity index is 710. The highest BCUT2D eigenvalue weighted by molar-refractivity contribution is 5.74. The number of hydrogen-bond acceptors (Lipinski definition) is 5. The molecule has 0 bridgehead atoms. The Kier molecular flexibility index (Phi) is 4.27. The first-order chi connectivity index (χ1) is 11.0. The highest BCUT2D eigenvalue weighted by atomic mass is 16.2. The molecule has 1 N–H and O–H groups in total. The summed E-state index contributed by atoms with van der Waals surface area (Å²) >= 11 is 0. The molecule has 1 atom stereocenters. The van der Waals surface area contributed by atoms with E-state index in [1.807, 2.05) is 41.8 Å². The van der Waals surface area contributed by atoms with Crippen molar-refractivity contribution in [2.75, 3.05) is 18.4 Å². The summed E-state index contributed by atoms with van der Waals surface area (Å²) in [6.07, 6.45) is 2.93. The lowest BCUT2D eigenvalue weighted by Gasteiger charge is -2.40. The summed E-state index contributed by atoms with van der Waals surface area (Å²) in [5.41, 5.74) is 1.93. The Morgan fingerprint density at radius 2 is 2.22 bits per heavy atom. The van der Waals surface area contributed by atoms with Gasteiger partial charge in [-0.2, -0.15) is 5.10 Å². The van der Waals surface area contributed by atoms with Crippen LogP contribution in [0.1, 0.15) is 36.6 Å². The normalized spacial score (nSPS) is 17.0. The molecule has 23 heavy (non-hydrogen) atoms. The van der Waals surface area contributed by atoms with Crippen molar-refractivity contribution in [3.8, 4) is 0 Å². The first-order valence-electron chi connectivity index (χ1n) is 7.89. The third kappa shape index (κ3) is 3.49. The second-order valence-electron chi connectivity index (χ2n) is 5.89. The molecule has 1 fully saturated rings. The fraction of sp³-hybridized carbons (Fsp3) is 0.500. The quantitative estimate of drug-likeness (QED) is 0.909. The van der Waals surface area contributed by atoms with Crippen LogP contribution in [0.4, 0.5) is 5.82 Å². The number of aromatic nitrogens is 4. The molecule has 1 aliphatic rings. The van der Waals surface area contributed by atoms with Crippen molar-refractivity contribution in [1.82, 2.24) is 24.6 Å². The van der Waals surface area contributed by atoms with Gasteiger partial charge in [-0.3, -0.25) is 9.48 Å². The zero-order valence-corrected chi connectivity index (χ0v) is 13.8. The van der Waals surface area contributed by atoms with Gasteiger partial charge in [0.1, 0.15) is 11.6 Å². The first kappa shape index (κ1) is 15.5. The van der Waals surface area contributed by atoms with Gasteiger partial charge in [-0.05, 0) is 26.3 Å². The lowest BCUT2D eigenvalue weighted by atomic mass is 9.99. The van der Waals surface area contributed by atoms with E-state index in [4.69, 9.17) is 0 Å². The van der Waals surface area contributed by atoms with Crippen molar-refractivity contribution in [1.29, 1.82) is 0 Å². The summed E-state index contributed by atoms with van der Waals surface area (Å²) in [4.78, 5) is 22.3. The highest BCUT2D eigenvalue weighted by Gasteiger charge is 2.32. The molecular formula is C16H22N6O. The molecule has 3 rings (SSSR count). The van der Waals surface area contributed by atoms with E-state index in [9.17, 15) is 4.79 Å². The fourth-order valence-corrected chi connectivity index (χ4v) is 2.81. The number of carbonyl (C=O) groups is 1. The predicted octanol–water partition coefficient (Wildman–Crippen LogP) is 1.70. The summed E-state index contributed by atoms with van der Waals surface area (Å²) in [6.45, 7) is 7.77. The van der Waals surface area contributed by atoms with Crippen molar-refractivity contribution >= 4 is 11.7 Å². The molecule has 2 aromatic rings. The second-order valence-corrected chi connectivity index (χ2v) is 5.89. The average molecular weight is 314 g/mol. The lowest BCUT2D eigenvalue weighted by Crippen LogP contribution is -2.44. The fourth-order valence-electron chi connectivity index (χ4n) is 2.81. The number of hydrogen-bond donors (Lipinski definition) is 1. The van der Waals surface area contributed by atoms with Crippen LogP contribution in [0, 0.1) is 13.8 Å². The van der Waals surface area contributed by atoms with E-state index in [-0.39, 0.29) is 11.9 Å². The van der Waals surface area contributed by atoms with E-state index in [0.29, 0.717) is 0 Å². The minimum atomic E-state index is 0.0866. The molecule has 1 saturated heterocycles. The van der Waals surface area contributed by atoms with Crippen molar-refractivity contribution < 1.29 is 4.79 Å². The first-order valence-corrected chi connectivity index (χ1v) is 7.89. The van der Waals surface area contributed by atoms with Gasteiger partial charge in [0.15, 0.2) is 0 Å². The summed E-state index contributed by atoms with van der Waals surface area (Å²) < 4.78 is 1.90. The number of nitrogens with one attached hydrogen (secondary N) is 1. The number of rotatable bonds is 5. The minimum absolute atomic E-state index is 0.0866. The molecule has 2 aromatic heterocycles. The standard InChI is InChI=1S/C16H22N6O/c1-11-4-7-21(20-11)9-6-17-16-10-14(18-12(2)19-16)15-5-8-22(15)13(3)23/h4,7,10,15H,5-6,8-9H2,1-3H3,(H,17,18,19)/t15-/m0/s1. The monoisotopic (exact) mass is 314 g/mol. The Morgan fingerprint density at radius 3 is 2.83 bits per heavy atom. The molecule has 1 amide bonds. The van der Waals surface area contributed by atoms with Gasteiger partial charge < -0.3 is 10.2 Å². The van der Waals surface area contributed by atoms with Gasteiger partial charge in [-0.1, -0.05) is 0 Å². The number of aryl methyl sites for hydroxylation is 2. The Morgan fingerprint density at radius 1 is 1.39 bits per heavy atom. The number of amides is 1. The molecule has 0 spiro atoms. The van der Waals surface area contributed by atoms with Crippen LogP contribution in [0.15, 0.2) is 18.3 Å². The predicted molar refractivity (Wildman–Crippen MR) is 87.0 cm³/mol. The van der Waals surface area contributed by atoms with Gasteiger partial charge in [0.2, 0.25) is 5.91 Å². The van der Waals surface area contributed by atoms with Gasteiger partial charge in [0.05, 0.1) is 24.0 Å². The number of anilines is 1. The Labute approximate surface area is 135 Å². The van der Waals surface area contributed by atoms with Crippen molar-refractivity contribution in [3.05, 3.63) is 35.5 Å². The van der Waals surface area contributed by atoms with Crippen molar-refractivity contribution in [3.63, 3.8) is 0 Å². The van der Waals surface area contributed by atoms with E-state index >= 15 is 0 Å². The van der Waals surface area contributed by atoms with Gasteiger partial charge in [-0.25, -0.2) is 9.97 Å². The third-order valence-corrected chi connectivity index (χ3v) is 4.04. The number of nitrogens with zero attached hydrogens (tertiary/aromatic N) is 5. The van der Waals surface area contributed by atoms with E-state index in [2.05, 4.69) is 20.4 Å². The summed E-state index contributed by atoms with van der Waals surface area (Å²) in [7, 11) is 0. The van der Waals surface area contributed by atoms with Gasteiger partial charge in [0, 0.05) is 32.3 Å². The van der Waals surface area contributed by atoms with E-state index in [1.165, 1.54) is 0 Å². The minimum Gasteiger partial charge on any atom is -0.368 e. The summed E-state index contributed by atoms with van der Waals surface area (Å²) in [5.74, 6) is 1.61. The molecule has 3 heterocycles. The molecule has 122 valence electrons. The number of carbonyl (C=O) groups excluding carboxylic acids is 1. The third-order valence-electron chi connectivity index (χ3n) is 4.04. The van der Waals surface area contributed by atoms with Gasteiger partial charge in [0.25, 0.3) is 0 Å². The Hall–Kier alpha value is -2.44. The topological polar surface area (TPSA) is 75.9 Å². The molecule has 0 aromatic carbocycles. The maximum absolute atomic E-state index is 11.6. The molecule has 0 radical (unpaired) electrons. The molecular weight excluding hydrogens is 292 g/mol. The zero-order chi connectivity index (χ0) is 16.4. The molecule has 0 aliphatic carbocycles. The average Bonchev–Trinajstić information content (AvgIpc) is 2.82. The smallest absolute Gasteiger partial charge is 0.220 e. The van der Waals surface area contributed by atoms with Crippen LogP contribution in [-0.2, 0) is 11.3 Å². The van der Waals surface area contributed by atoms with E-state index in [0.717, 1.165) is 49.1 Å². The maximum Gasteiger partial charge on any atom is 0.220 e. The van der Waals surface area contributed by atoms with Crippen LogP contribution in [0.2, 0.25) is 0 Å². The molecule has 0 saturated carbocycles. The van der Waals surface area contributed by atoms with Crippen molar-refractivity contribution in [2.45, 2.75) is 39.8 Å².